The van der Waals surface area contributed by atoms with Gasteiger partial charge in [0.15, 0.2) is 0 Å². The molecular weight excluding hydrogens is 238 g/mol. The minimum absolute atomic E-state index is 0.0182. The number of carbonyl (C=O) groups is 1. The monoisotopic (exact) mass is 253 g/mol. The van der Waals surface area contributed by atoms with E-state index in [1.807, 2.05) is 5.43 Å². The Morgan fingerprint density at radius 2 is 2.28 bits per heavy atom. The van der Waals surface area contributed by atoms with Crippen molar-refractivity contribution in [3.05, 3.63) is 33.9 Å². The Kier molecular flexibility index (Phi) is 5.06. The highest BCUT2D eigenvalue weighted by Crippen LogP contribution is 2.24. The standard InChI is InChI=1S/C11H15N3O4/c1-8-4-5-9(14(16)17)7-10(8)18-6-2-3-11(15)13-12/h4-5,7H,2-3,6,12H2,1H3,(H,13,15). The molecule has 0 spiro atoms. The van der Waals surface area contributed by atoms with Gasteiger partial charge in [-0.05, 0) is 25.0 Å². The number of hydrogen-bond donors (Lipinski definition) is 2. The molecule has 0 aliphatic rings. The second-order valence-corrected chi connectivity index (χ2v) is 3.73. The van der Waals surface area contributed by atoms with Crippen LogP contribution in [-0.2, 0) is 4.79 Å². The average Bonchev–Trinajstić information content (AvgIpc) is 2.35. The van der Waals surface area contributed by atoms with Gasteiger partial charge in [-0.3, -0.25) is 20.3 Å². The number of nitrogens with zero attached hydrogens (tertiary/aromatic N) is 1. The molecule has 0 unspecified atom stereocenters. The van der Waals surface area contributed by atoms with Crippen LogP contribution in [0, 0.1) is 17.0 Å². The third-order valence-electron chi connectivity index (χ3n) is 2.35. The molecule has 1 aromatic carbocycles. The molecule has 7 heteroatoms. The number of nitrogens with one attached hydrogen (secondary N) is 1. The van der Waals surface area contributed by atoms with Crippen LogP contribution in [0.15, 0.2) is 18.2 Å². The van der Waals surface area contributed by atoms with E-state index in [1.165, 1.54) is 12.1 Å². The summed E-state index contributed by atoms with van der Waals surface area (Å²) in [5.74, 6) is 5.11. The van der Waals surface area contributed by atoms with Crippen molar-refractivity contribution in [1.82, 2.24) is 5.43 Å². The van der Waals surface area contributed by atoms with Crippen LogP contribution in [0.1, 0.15) is 18.4 Å². The highest BCUT2D eigenvalue weighted by atomic mass is 16.6. The molecule has 0 fully saturated rings. The molecule has 7 nitrogen and oxygen atoms in total. The number of aryl methyl sites for hydroxylation is 1. The topological polar surface area (TPSA) is 107 Å². The van der Waals surface area contributed by atoms with Gasteiger partial charge < -0.3 is 4.74 Å². The molecule has 0 saturated carbocycles. The summed E-state index contributed by atoms with van der Waals surface area (Å²) < 4.78 is 5.40. The fourth-order valence-electron chi connectivity index (χ4n) is 1.34. The van der Waals surface area contributed by atoms with Crippen molar-refractivity contribution in [2.75, 3.05) is 6.61 Å². The van der Waals surface area contributed by atoms with Gasteiger partial charge in [-0.25, -0.2) is 5.84 Å². The minimum Gasteiger partial charge on any atom is -0.493 e. The third kappa shape index (κ3) is 4.02. The SMILES string of the molecule is Cc1ccc([N+](=O)[O-])cc1OCCCC(=O)NN. The molecule has 0 aliphatic heterocycles. The molecule has 0 saturated heterocycles. The second-order valence-electron chi connectivity index (χ2n) is 3.73. The van der Waals surface area contributed by atoms with Crippen LogP contribution >= 0.6 is 0 Å². The number of rotatable bonds is 6. The van der Waals surface area contributed by atoms with Crippen molar-refractivity contribution in [3.63, 3.8) is 0 Å². The number of nitrogens with two attached hydrogens (primary N) is 1. The number of non-ortho nitro benzene ring substituents is 1. The molecule has 0 radical (unpaired) electrons. The van der Waals surface area contributed by atoms with E-state index in [4.69, 9.17) is 10.6 Å². The van der Waals surface area contributed by atoms with E-state index >= 15 is 0 Å². The summed E-state index contributed by atoms with van der Waals surface area (Å²) in [6, 6.07) is 4.42. The van der Waals surface area contributed by atoms with E-state index < -0.39 is 4.92 Å². The Morgan fingerprint density at radius 3 is 2.89 bits per heavy atom. The predicted molar refractivity (Wildman–Crippen MR) is 64.9 cm³/mol. The number of hydrogen-bond acceptors (Lipinski definition) is 5. The van der Waals surface area contributed by atoms with Crippen LogP contribution in [0.2, 0.25) is 0 Å². The molecule has 3 N–H and O–H groups in total. The van der Waals surface area contributed by atoms with E-state index in [2.05, 4.69) is 0 Å². The van der Waals surface area contributed by atoms with Gasteiger partial charge in [0, 0.05) is 12.5 Å². The first-order chi connectivity index (χ1) is 8.54. The number of carbonyl (C=O) groups excluding carboxylic acids is 1. The number of nitro benzene ring substituents is 1. The molecule has 1 rings (SSSR count). The first-order valence-corrected chi connectivity index (χ1v) is 5.42. The van der Waals surface area contributed by atoms with Crippen LogP contribution in [0.4, 0.5) is 5.69 Å². The molecule has 18 heavy (non-hydrogen) atoms. The van der Waals surface area contributed by atoms with Gasteiger partial charge in [0.25, 0.3) is 5.69 Å². The molecule has 1 amide bonds. The summed E-state index contributed by atoms with van der Waals surface area (Å²) in [7, 11) is 0. The maximum absolute atomic E-state index is 10.9. The smallest absolute Gasteiger partial charge is 0.273 e. The van der Waals surface area contributed by atoms with E-state index in [9.17, 15) is 14.9 Å². The maximum Gasteiger partial charge on any atom is 0.273 e. The van der Waals surface area contributed by atoms with Crippen molar-refractivity contribution in [2.24, 2.45) is 5.84 Å². The number of hydrazine groups is 1. The largest absolute Gasteiger partial charge is 0.493 e. The van der Waals surface area contributed by atoms with E-state index in [-0.39, 0.29) is 18.0 Å². The lowest BCUT2D eigenvalue weighted by Gasteiger charge is -2.08. The third-order valence-corrected chi connectivity index (χ3v) is 2.35. The first kappa shape index (κ1) is 13.9. The summed E-state index contributed by atoms with van der Waals surface area (Å²) in [5.41, 5.74) is 2.81. The normalized spacial score (nSPS) is 9.89. The van der Waals surface area contributed by atoms with Gasteiger partial charge in [0.1, 0.15) is 5.75 Å². The number of amides is 1. The van der Waals surface area contributed by atoms with Crippen LogP contribution in [-0.4, -0.2) is 17.4 Å². The van der Waals surface area contributed by atoms with Gasteiger partial charge in [0.2, 0.25) is 5.91 Å². The average molecular weight is 253 g/mol. The van der Waals surface area contributed by atoms with E-state index in [0.29, 0.717) is 18.8 Å². The summed E-state index contributed by atoms with van der Waals surface area (Å²) >= 11 is 0. The van der Waals surface area contributed by atoms with Crippen molar-refractivity contribution in [3.8, 4) is 5.75 Å². The Labute approximate surface area is 104 Å². The predicted octanol–water partition coefficient (Wildman–Crippen LogP) is 1.05. The molecule has 0 aliphatic carbocycles. The second kappa shape index (κ2) is 6.55. The number of ether oxygens (including phenoxy) is 1. The molecular formula is C11H15N3O4. The quantitative estimate of drug-likeness (QED) is 0.259. The zero-order valence-corrected chi connectivity index (χ0v) is 10.0. The Balaban J connectivity index is 2.53. The van der Waals surface area contributed by atoms with Gasteiger partial charge in [0.05, 0.1) is 17.6 Å². The minimum atomic E-state index is -0.478. The molecule has 0 aromatic heterocycles. The van der Waals surface area contributed by atoms with Crippen molar-refractivity contribution < 1.29 is 14.5 Å². The van der Waals surface area contributed by atoms with Gasteiger partial charge in [-0.1, -0.05) is 0 Å². The fourth-order valence-corrected chi connectivity index (χ4v) is 1.34. The summed E-state index contributed by atoms with van der Waals surface area (Å²) in [6.07, 6.45) is 0.746. The highest BCUT2D eigenvalue weighted by Gasteiger charge is 2.09. The van der Waals surface area contributed by atoms with Crippen molar-refractivity contribution in [1.29, 1.82) is 0 Å². The number of benzene rings is 1. The Morgan fingerprint density at radius 1 is 1.56 bits per heavy atom. The van der Waals surface area contributed by atoms with Crippen molar-refractivity contribution in [2.45, 2.75) is 19.8 Å². The van der Waals surface area contributed by atoms with Crippen LogP contribution in [0.25, 0.3) is 0 Å². The van der Waals surface area contributed by atoms with Gasteiger partial charge in [-0.15, -0.1) is 0 Å². The molecule has 0 heterocycles. The van der Waals surface area contributed by atoms with Gasteiger partial charge in [-0.2, -0.15) is 0 Å². The fraction of sp³-hybridized carbons (Fsp3) is 0.364. The van der Waals surface area contributed by atoms with Gasteiger partial charge >= 0.3 is 0 Å². The zero-order valence-electron chi connectivity index (χ0n) is 10.0. The molecule has 98 valence electrons. The number of nitro groups is 1. The van der Waals surface area contributed by atoms with E-state index in [1.54, 1.807) is 13.0 Å². The molecule has 0 bridgehead atoms. The lowest BCUT2D eigenvalue weighted by Crippen LogP contribution is -2.29. The van der Waals surface area contributed by atoms with Crippen LogP contribution in [0.3, 0.4) is 0 Å². The lowest BCUT2D eigenvalue weighted by molar-refractivity contribution is -0.384. The zero-order chi connectivity index (χ0) is 13.5. The summed E-state index contributed by atoms with van der Waals surface area (Å²) in [4.78, 5) is 21.0. The summed E-state index contributed by atoms with van der Waals surface area (Å²) in [5, 5.41) is 10.6. The van der Waals surface area contributed by atoms with Crippen molar-refractivity contribution >= 4 is 11.6 Å². The Hall–Kier alpha value is -2.15. The summed E-state index contributed by atoms with van der Waals surface area (Å²) in [6.45, 7) is 2.10. The Bertz CT molecular complexity index is 448. The maximum atomic E-state index is 10.9. The highest BCUT2D eigenvalue weighted by molar-refractivity contribution is 5.75. The van der Waals surface area contributed by atoms with E-state index in [0.717, 1.165) is 5.56 Å². The van der Waals surface area contributed by atoms with Crippen LogP contribution < -0.4 is 16.0 Å². The lowest BCUT2D eigenvalue weighted by atomic mass is 10.2. The molecule has 1 aromatic rings. The van der Waals surface area contributed by atoms with Crippen LogP contribution in [0.5, 0.6) is 5.75 Å². The first-order valence-electron chi connectivity index (χ1n) is 5.42. The molecule has 0 atom stereocenters.